The van der Waals surface area contributed by atoms with Crippen LogP contribution in [0.25, 0.3) is 0 Å². The summed E-state index contributed by atoms with van der Waals surface area (Å²) in [4.78, 5) is 12.0. The molecule has 0 heterocycles. The summed E-state index contributed by atoms with van der Waals surface area (Å²) in [6, 6.07) is 4.35. The van der Waals surface area contributed by atoms with Gasteiger partial charge < -0.3 is 10.1 Å². The zero-order valence-corrected chi connectivity index (χ0v) is 15.8. The number of hydrogen-bond donors (Lipinski definition) is 1. The van der Waals surface area contributed by atoms with Gasteiger partial charge in [0.1, 0.15) is 15.4 Å². The fourth-order valence-corrected chi connectivity index (χ4v) is 2.80. The van der Waals surface area contributed by atoms with Crippen LogP contribution in [0.3, 0.4) is 0 Å². The summed E-state index contributed by atoms with van der Waals surface area (Å²) in [5, 5.41) is 3.40. The number of ether oxygens (including phenoxy) is 1. The van der Waals surface area contributed by atoms with Crippen LogP contribution in [0.1, 0.15) is 38.8 Å². The van der Waals surface area contributed by atoms with Crippen molar-refractivity contribution < 1.29 is 17.9 Å². The summed E-state index contributed by atoms with van der Waals surface area (Å²) in [5.74, 6) is -0.0757. The van der Waals surface area contributed by atoms with Crippen molar-refractivity contribution in [3.63, 3.8) is 0 Å². The maximum Gasteiger partial charge on any atom is 0.408 e. The van der Waals surface area contributed by atoms with Crippen LogP contribution in [-0.2, 0) is 14.6 Å². The quantitative estimate of drug-likeness (QED) is 0.836. The van der Waals surface area contributed by atoms with Crippen molar-refractivity contribution in [1.29, 1.82) is 0 Å². The molecular weight excluding hydrogens is 361 g/mol. The predicted molar refractivity (Wildman–Crippen MR) is 92.9 cm³/mol. The van der Waals surface area contributed by atoms with Gasteiger partial charge in [-0.1, -0.05) is 29.3 Å². The van der Waals surface area contributed by atoms with Crippen LogP contribution in [0.2, 0.25) is 10.0 Å². The van der Waals surface area contributed by atoms with Gasteiger partial charge in [0.2, 0.25) is 0 Å². The Morgan fingerprint density at radius 1 is 1.26 bits per heavy atom. The minimum absolute atomic E-state index is 0.0757. The van der Waals surface area contributed by atoms with E-state index in [1.807, 2.05) is 0 Å². The fourth-order valence-electron chi connectivity index (χ4n) is 1.83. The summed E-state index contributed by atoms with van der Waals surface area (Å²) in [7, 11) is -3.17. The summed E-state index contributed by atoms with van der Waals surface area (Å²) in [6.07, 6.45) is 0.727. The average molecular weight is 382 g/mol. The van der Waals surface area contributed by atoms with Gasteiger partial charge in [0.25, 0.3) is 0 Å². The van der Waals surface area contributed by atoms with Crippen molar-refractivity contribution in [2.45, 2.75) is 38.8 Å². The zero-order chi connectivity index (χ0) is 17.8. The van der Waals surface area contributed by atoms with Gasteiger partial charge in [0.15, 0.2) is 0 Å². The van der Waals surface area contributed by atoms with Gasteiger partial charge in [-0.15, -0.1) is 0 Å². The van der Waals surface area contributed by atoms with Crippen LogP contribution in [-0.4, -0.2) is 32.1 Å². The summed E-state index contributed by atoms with van der Waals surface area (Å²) in [6.45, 7) is 5.24. The molecule has 0 aromatic heterocycles. The number of benzene rings is 1. The van der Waals surface area contributed by atoms with Crippen LogP contribution in [0, 0.1) is 0 Å². The lowest BCUT2D eigenvalue weighted by molar-refractivity contribution is 0.0502. The Morgan fingerprint density at radius 2 is 1.87 bits per heavy atom. The zero-order valence-electron chi connectivity index (χ0n) is 13.5. The number of alkyl carbamates (subject to hydrolysis) is 1. The second kappa shape index (κ2) is 7.73. The summed E-state index contributed by atoms with van der Waals surface area (Å²) < 4.78 is 28.0. The van der Waals surface area contributed by atoms with Gasteiger partial charge in [-0.05, 0) is 44.9 Å². The first-order valence-corrected chi connectivity index (χ1v) is 9.81. The van der Waals surface area contributed by atoms with Gasteiger partial charge in [-0.25, -0.2) is 13.2 Å². The van der Waals surface area contributed by atoms with Gasteiger partial charge in [0.05, 0.1) is 21.8 Å². The molecule has 0 saturated carbocycles. The van der Waals surface area contributed by atoms with E-state index in [9.17, 15) is 13.2 Å². The Balaban J connectivity index is 2.96. The molecule has 0 aliphatic heterocycles. The van der Waals surface area contributed by atoms with Gasteiger partial charge in [-0.2, -0.15) is 0 Å². The number of halogens is 2. The number of carbonyl (C=O) groups excluding carboxylic acids is 1. The van der Waals surface area contributed by atoms with Crippen LogP contribution in [0.4, 0.5) is 4.79 Å². The van der Waals surface area contributed by atoms with Gasteiger partial charge in [0, 0.05) is 6.26 Å². The highest BCUT2D eigenvalue weighted by atomic mass is 35.5. The maximum atomic E-state index is 12.0. The lowest BCUT2D eigenvalue weighted by atomic mass is 10.0. The SMILES string of the molecule is CC(C)(C)OC(=O)N[C@H](CCS(C)(=O)=O)c1ccc(Cl)c(Cl)c1. The Morgan fingerprint density at radius 3 is 2.35 bits per heavy atom. The van der Waals surface area contributed by atoms with Crippen molar-refractivity contribution in [1.82, 2.24) is 5.32 Å². The highest BCUT2D eigenvalue weighted by Gasteiger charge is 2.22. The van der Waals surface area contributed by atoms with E-state index < -0.39 is 27.6 Å². The molecule has 0 radical (unpaired) electrons. The molecule has 0 spiro atoms. The van der Waals surface area contributed by atoms with E-state index in [0.717, 1.165) is 6.26 Å². The third-order valence-corrected chi connectivity index (χ3v) is 4.53. The average Bonchev–Trinajstić information content (AvgIpc) is 2.34. The molecule has 8 heteroatoms. The molecule has 5 nitrogen and oxygen atoms in total. The standard InChI is InChI=1S/C15H21Cl2NO4S/c1-15(2,3)22-14(19)18-13(7-8-23(4,20)21)10-5-6-11(16)12(17)9-10/h5-6,9,13H,7-8H2,1-4H3,(H,18,19)/t13-/m1/s1. The summed E-state index contributed by atoms with van der Waals surface area (Å²) in [5.41, 5.74) is 0.0113. The maximum absolute atomic E-state index is 12.0. The summed E-state index contributed by atoms with van der Waals surface area (Å²) >= 11 is 11.9. The van der Waals surface area contributed by atoms with E-state index in [0.29, 0.717) is 15.6 Å². The molecule has 0 fully saturated rings. The first-order valence-electron chi connectivity index (χ1n) is 6.99. The van der Waals surface area contributed by atoms with Crippen molar-refractivity contribution in [2.24, 2.45) is 0 Å². The number of rotatable bonds is 5. The number of sulfone groups is 1. The first-order chi connectivity index (χ1) is 10.4. The second-order valence-electron chi connectivity index (χ2n) is 6.29. The number of carbonyl (C=O) groups is 1. The normalized spacial score (nSPS) is 13.5. The van der Waals surface area contributed by atoms with E-state index >= 15 is 0 Å². The molecule has 23 heavy (non-hydrogen) atoms. The number of nitrogens with one attached hydrogen (secondary N) is 1. The molecular formula is C15H21Cl2NO4S. The van der Waals surface area contributed by atoms with Crippen LogP contribution >= 0.6 is 23.2 Å². The molecule has 0 aliphatic carbocycles. The molecule has 1 rings (SSSR count). The largest absolute Gasteiger partial charge is 0.444 e. The van der Waals surface area contributed by atoms with E-state index in [1.165, 1.54) is 0 Å². The molecule has 130 valence electrons. The second-order valence-corrected chi connectivity index (χ2v) is 9.37. The lowest BCUT2D eigenvalue weighted by Crippen LogP contribution is -2.35. The first kappa shape index (κ1) is 20.1. The van der Waals surface area contributed by atoms with Crippen molar-refractivity contribution in [2.75, 3.05) is 12.0 Å². The third-order valence-electron chi connectivity index (χ3n) is 2.81. The molecule has 1 aromatic carbocycles. The monoisotopic (exact) mass is 381 g/mol. The Labute approximate surface area is 147 Å². The smallest absolute Gasteiger partial charge is 0.408 e. The third kappa shape index (κ3) is 7.90. The van der Waals surface area contributed by atoms with E-state index in [1.54, 1.807) is 39.0 Å². The molecule has 0 unspecified atom stereocenters. The predicted octanol–water partition coefficient (Wildman–Crippen LogP) is 3.99. The minimum Gasteiger partial charge on any atom is -0.444 e. The molecule has 1 atom stereocenters. The Hall–Kier alpha value is -0.980. The molecule has 0 saturated heterocycles. The number of hydrogen-bond acceptors (Lipinski definition) is 4. The van der Waals surface area contributed by atoms with Crippen molar-refractivity contribution in [3.8, 4) is 0 Å². The van der Waals surface area contributed by atoms with Crippen molar-refractivity contribution in [3.05, 3.63) is 33.8 Å². The number of amides is 1. The van der Waals surface area contributed by atoms with Gasteiger partial charge in [-0.3, -0.25) is 0 Å². The Kier molecular flexibility index (Phi) is 6.74. The Bertz CT molecular complexity index is 669. The molecule has 1 amide bonds. The lowest BCUT2D eigenvalue weighted by Gasteiger charge is -2.24. The van der Waals surface area contributed by atoms with E-state index in [2.05, 4.69) is 5.32 Å². The van der Waals surface area contributed by atoms with Crippen LogP contribution < -0.4 is 5.32 Å². The molecule has 1 aromatic rings. The van der Waals surface area contributed by atoms with Crippen LogP contribution in [0.15, 0.2) is 18.2 Å². The highest BCUT2D eigenvalue weighted by Crippen LogP contribution is 2.27. The van der Waals surface area contributed by atoms with Crippen LogP contribution in [0.5, 0.6) is 0 Å². The van der Waals surface area contributed by atoms with E-state index in [-0.39, 0.29) is 12.2 Å². The van der Waals surface area contributed by atoms with Crippen molar-refractivity contribution >= 4 is 39.1 Å². The molecule has 0 aliphatic rings. The molecule has 1 N–H and O–H groups in total. The topological polar surface area (TPSA) is 72.5 Å². The minimum atomic E-state index is -3.17. The van der Waals surface area contributed by atoms with Gasteiger partial charge >= 0.3 is 6.09 Å². The molecule has 0 bridgehead atoms. The highest BCUT2D eigenvalue weighted by molar-refractivity contribution is 7.90. The van der Waals surface area contributed by atoms with E-state index in [4.69, 9.17) is 27.9 Å². The fraction of sp³-hybridized carbons (Fsp3) is 0.533.